The lowest BCUT2D eigenvalue weighted by Gasteiger charge is -2.06. The molecule has 0 aromatic heterocycles. The molecule has 2 N–H and O–H groups in total. The van der Waals surface area contributed by atoms with Gasteiger partial charge in [0.25, 0.3) is 0 Å². The first kappa shape index (κ1) is 15.8. The van der Waals surface area contributed by atoms with E-state index < -0.39 is 5.97 Å². The van der Waals surface area contributed by atoms with Crippen LogP contribution in [0.1, 0.15) is 35.8 Å². The van der Waals surface area contributed by atoms with Crippen LogP contribution in [0.3, 0.4) is 0 Å². The molecule has 0 bridgehead atoms. The van der Waals surface area contributed by atoms with Crippen LogP contribution in [0.15, 0.2) is 48.5 Å². The SMILES string of the molecule is O=C(Nc1ccc([C@@H]2C[C@H]2C(=O)O)cc1)C1CC1c1ccc(F)cc1. The summed E-state index contributed by atoms with van der Waals surface area (Å²) < 4.78 is 13.0. The Labute approximate surface area is 144 Å². The van der Waals surface area contributed by atoms with Crippen LogP contribution in [0, 0.1) is 17.7 Å². The number of amides is 1. The Balaban J connectivity index is 1.34. The van der Waals surface area contributed by atoms with Crippen molar-refractivity contribution in [1.82, 2.24) is 0 Å². The number of rotatable bonds is 5. The highest BCUT2D eigenvalue weighted by Gasteiger charge is 2.45. The van der Waals surface area contributed by atoms with E-state index in [0.29, 0.717) is 12.1 Å². The molecule has 2 aromatic rings. The number of aliphatic carboxylic acids is 1. The molecule has 0 spiro atoms. The zero-order chi connectivity index (χ0) is 17.6. The first-order valence-electron chi connectivity index (χ1n) is 8.42. The second-order valence-electron chi connectivity index (χ2n) is 6.90. The molecule has 25 heavy (non-hydrogen) atoms. The molecule has 2 aliphatic carbocycles. The van der Waals surface area contributed by atoms with Gasteiger partial charge < -0.3 is 10.4 Å². The molecule has 2 aliphatic rings. The third-order valence-corrected chi connectivity index (χ3v) is 5.14. The zero-order valence-corrected chi connectivity index (χ0v) is 13.5. The van der Waals surface area contributed by atoms with Gasteiger partial charge in [-0.1, -0.05) is 24.3 Å². The smallest absolute Gasteiger partial charge is 0.307 e. The number of carbonyl (C=O) groups is 2. The summed E-state index contributed by atoms with van der Waals surface area (Å²) in [6, 6.07) is 13.7. The quantitative estimate of drug-likeness (QED) is 0.872. The van der Waals surface area contributed by atoms with Crippen LogP contribution >= 0.6 is 0 Å². The van der Waals surface area contributed by atoms with Crippen LogP contribution in [-0.2, 0) is 9.59 Å². The molecule has 128 valence electrons. The molecule has 4 rings (SSSR count). The number of benzene rings is 2. The van der Waals surface area contributed by atoms with Gasteiger partial charge in [-0.3, -0.25) is 9.59 Å². The topological polar surface area (TPSA) is 66.4 Å². The van der Waals surface area contributed by atoms with E-state index >= 15 is 0 Å². The van der Waals surface area contributed by atoms with Gasteiger partial charge in [0.05, 0.1) is 5.92 Å². The van der Waals surface area contributed by atoms with Gasteiger partial charge in [-0.2, -0.15) is 0 Å². The molecule has 0 saturated heterocycles. The summed E-state index contributed by atoms with van der Waals surface area (Å²) in [6.07, 6.45) is 1.46. The molecule has 0 aliphatic heterocycles. The lowest BCUT2D eigenvalue weighted by molar-refractivity contribution is -0.138. The van der Waals surface area contributed by atoms with E-state index in [4.69, 9.17) is 5.11 Å². The Morgan fingerprint density at radius 1 is 0.880 bits per heavy atom. The van der Waals surface area contributed by atoms with Gasteiger partial charge >= 0.3 is 5.97 Å². The summed E-state index contributed by atoms with van der Waals surface area (Å²) in [5, 5.41) is 11.9. The summed E-state index contributed by atoms with van der Waals surface area (Å²) in [5.74, 6) is -1.16. The van der Waals surface area contributed by atoms with Gasteiger partial charge in [0.15, 0.2) is 0 Å². The first-order valence-corrected chi connectivity index (χ1v) is 8.42. The lowest BCUT2D eigenvalue weighted by atomic mass is 10.1. The molecular formula is C20H18FNO3. The third-order valence-electron chi connectivity index (χ3n) is 5.14. The molecule has 2 aromatic carbocycles. The summed E-state index contributed by atoms with van der Waals surface area (Å²) in [7, 11) is 0. The second kappa shape index (κ2) is 5.99. The van der Waals surface area contributed by atoms with Crippen LogP contribution in [0.4, 0.5) is 10.1 Å². The molecule has 5 heteroatoms. The standard InChI is InChI=1S/C20H18FNO3/c21-13-5-1-11(2-6-13)15-9-17(15)19(23)22-14-7-3-12(4-8-14)16-10-18(16)20(24)25/h1-8,15-18H,9-10H2,(H,22,23)(H,24,25)/t15?,16-,17?,18+/m0/s1. The maximum atomic E-state index is 13.0. The summed E-state index contributed by atoms with van der Waals surface area (Å²) in [4.78, 5) is 23.3. The fraction of sp³-hybridized carbons (Fsp3) is 0.300. The predicted molar refractivity (Wildman–Crippen MR) is 90.8 cm³/mol. The summed E-state index contributed by atoms with van der Waals surface area (Å²) in [6.45, 7) is 0. The molecular weight excluding hydrogens is 321 g/mol. The zero-order valence-electron chi connectivity index (χ0n) is 13.5. The van der Waals surface area contributed by atoms with Crippen molar-refractivity contribution >= 4 is 17.6 Å². The Morgan fingerprint density at radius 2 is 1.40 bits per heavy atom. The summed E-state index contributed by atoms with van der Waals surface area (Å²) in [5.41, 5.74) is 2.71. The van der Waals surface area contributed by atoms with Crippen LogP contribution < -0.4 is 5.32 Å². The minimum absolute atomic E-state index is 0.0306. The van der Waals surface area contributed by atoms with Crippen molar-refractivity contribution in [2.75, 3.05) is 5.32 Å². The van der Waals surface area contributed by atoms with Crippen LogP contribution in [0.5, 0.6) is 0 Å². The van der Waals surface area contributed by atoms with Crippen molar-refractivity contribution in [3.8, 4) is 0 Å². The van der Waals surface area contributed by atoms with Crippen molar-refractivity contribution in [1.29, 1.82) is 0 Å². The average molecular weight is 339 g/mol. The van der Waals surface area contributed by atoms with Gasteiger partial charge in [-0.25, -0.2) is 4.39 Å². The van der Waals surface area contributed by atoms with E-state index in [1.807, 2.05) is 24.3 Å². The minimum atomic E-state index is -0.747. The minimum Gasteiger partial charge on any atom is -0.481 e. The van der Waals surface area contributed by atoms with Crippen molar-refractivity contribution in [2.45, 2.75) is 24.7 Å². The van der Waals surface area contributed by atoms with Crippen molar-refractivity contribution in [3.63, 3.8) is 0 Å². The number of carboxylic acid groups (broad SMARTS) is 1. The van der Waals surface area contributed by atoms with Crippen LogP contribution in [0.2, 0.25) is 0 Å². The first-order chi connectivity index (χ1) is 12.0. The maximum absolute atomic E-state index is 13.0. The monoisotopic (exact) mass is 339 g/mol. The molecule has 2 unspecified atom stereocenters. The number of hydrogen-bond acceptors (Lipinski definition) is 2. The largest absolute Gasteiger partial charge is 0.481 e. The maximum Gasteiger partial charge on any atom is 0.307 e. The fourth-order valence-corrected chi connectivity index (χ4v) is 3.45. The molecule has 1 amide bonds. The third kappa shape index (κ3) is 3.27. The molecule has 0 radical (unpaired) electrons. The highest BCUT2D eigenvalue weighted by atomic mass is 19.1. The number of anilines is 1. The van der Waals surface area contributed by atoms with Gasteiger partial charge in [-0.05, 0) is 60.1 Å². The lowest BCUT2D eigenvalue weighted by Crippen LogP contribution is -2.14. The normalized spacial score (nSPS) is 26.8. The van der Waals surface area contributed by atoms with Gasteiger partial charge in [0.1, 0.15) is 5.82 Å². The fourth-order valence-electron chi connectivity index (χ4n) is 3.45. The van der Waals surface area contributed by atoms with Gasteiger partial charge in [0.2, 0.25) is 5.91 Å². The Morgan fingerprint density at radius 3 is 1.96 bits per heavy atom. The van der Waals surface area contributed by atoms with Crippen molar-refractivity contribution < 1.29 is 19.1 Å². The van der Waals surface area contributed by atoms with E-state index in [1.54, 1.807) is 12.1 Å². The van der Waals surface area contributed by atoms with E-state index in [1.165, 1.54) is 12.1 Å². The Hall–Kier alpha value is -2.69. The van der Waals surface area contributed by atoms with E-state index in [2.05, 4.69) is 5.32 Å². The molecule has 0 heterocycles. The Kier molecular flexibility index (Phi) is 3.79. The molecule has 2 saturated carbocycles. The van der Waals surface area contributed by atoms with Gasteiger partial charge in [0, 0.05) is 11.6 Å². The molecule has 2 fully saturated rings. The van der Waals surface area contributed by atoms with Crippen molar-refractivity contribution in [2.24, 2.45) is 11.8 Å². The van der Waals surface area contributed by atoms with Crippen LogP contribution in [0.25, 0.3) is 0 Å². The number of nitrogens with one attached hydrogen (secondary N) is 1. The molecule has 4 atom stereocenters. The van der Waals surface area contributed by atoms with E-state index in [0.717, 1.165) is 17.5 Å². The second-order valence-corrected chi connectivity index (χ2v) is 6.90. The number of halogens is 1. The number of carboxylic acids is 1. The van der Waals surface area contributed by atoms with Crippen molar-refractivity contribution in [3.05, 3.63) is 65.5 Å². The van der Waals surface area contributed by atoms with Gasteiger partial charge in [-0.15, -0.1) is 0 Å². The highest BCUT2D eigenvalue weighted by molar-refractivity contribution is 5.95. The molecule has 4 nitrogen and oxygen atoms in total. The van der Waals surface area contributed by atoms with Crippen LogP contribution in [-0.4, -0.2) is 17.0 Å². The number of hydrogen-bond donors (Lipinski definition) is 2. The predicted octanol–water partition coefficient (Wildman–Crippen LogP) is 3.76. The number of carbonyl (C=O) groups excluding carboxylic acids is 1. The van der Waals surface area contributed by atoms with E-state index in [-0.39, 0.29) is 35.4 Å². The Bertz CT molecular complexity index is 816. The average Bonchev–Trinajstić information content (AvgIpc) is 3.48. The van der Waals surface area contributed by atoms with E-state index in [9.17, 15) is 14.0 Å². The highest BCUT2D eigenvalue weighted by Crippen LogP contribution is 2.49. The summed E-state index contributed by atoms with van der Waals surface area (Å²) >= 11 is 0.